The number of rotatable bonds is 0. The third-order valence-corrected chi connectivity index (χ3v) is 4.58. The van der Waals surface area contributed by atoms with Crippen LogP contribution in [0.2, 0.25) is 0 Å². The fourth-order valence-corrected chi connectivity index (χ4v) is 3.47. The number of Topliss-reactive ketones (excluding diaryl/α,β-unsaturated/α-hetero) is 2. The average molecular weight is 242 g/mol. The van der Waals surface area contributed by atoms with E-state index < -0.39 is 0 Å². The van der Waals surface area contributed by atoms with Crippen molar-refractivity contribution in [3.8, 4) is 0 Å². The van der Waals surface area contributed by atoms with E-state index in [1.807, 2.05) is 12.1 Å². The molecule has 1 aromatic rings. The summed E-state index contributed by atoms with van der Waals surface area (Å²) in [6.45, 7) is 6.48. The molecule has 0 saturated heterocycles. The third kappa shape index (κ3) is 1.41. The molecule has 1 aromatic carbocycles. The summed E-state index contributed by atoms with van der Waals surface area (Å²) in [4.78, 5) is 24.9. The van der Waals surface area contributed by atoms with Gasteiger partial charge in [0.1, 0.15) is 0 Å². The highest BCUT2D eigenvalue weighted by molar-refractivity contribution is 6.17. The average Bonchev–Trinajstić information content (AvgIpc) is 2.24. The molecule has 2 heteroatoms. The van der Waals surface area contributed by atoms with Crippen LogP contribution in [0.4, 0.5) is 0 Å². The zero-order chi connectivity index (χ0) is 13.1. The van der Waals surface area contributed by atoms with Gasteiger partial charge in [0.2, 0.25) is 0 Å². The Morgan fingerprint density at radius 3 is 2.11 bits per heavy atom. The molecule has 0 aromatic heterocycles. The maximum Gasteiger partial charge on any atom is 0.167 e. The van der Waals surface area contributed by atoms with Crippen LogP contribution >= 0.6 is 0 Å². The highest BCUT2D eigenvalue weighted by Crippen LogP contribution is 2.54. The molecule has 18 heavy (non-hydrogen) atoms. The predicted molar refractivity (Wildman–Crippen MR) is 69.6 cm³/mol. The van der Waals surface area contributed by atoms with Gasteiger partial charge in [-0.25, -0.2) is 0 Å². The van der Waals surface area contributed by atoms with E-state index in [-0.39, 0.29) is 28.8 Å². The van der Waals surface area contributed by atoms with Crippen molar-refractivity contribution in [2.45, 2.75) is 27.2 Å². The van der Waals surface area contributed by atoms with Gasteiger partial charge in [0.05, 0.1) is 0 Å². The van der Waals surface area contributed by atoms with E-state index >= 15 is 0 Å². The Kier molecular flexibility index (Phi) is 2.28. The minimum atomic E-state index is -0.0765. The number of carbonyl (C=O) groups is 2. The van der Waals surface area contributed by atoms with Crippen molar-refractivity contribution in [1.29, 1.82) is 0 Å². The molecular weight excluding hydrogens is 224 g/mol. The largest absolute Gasteiger partial charge is 0.294 e. The molecule has 1 fully saturated rings. The van der Waals surface area contributed by atoms with Crippen molar-refractivity contribution in [3.63, 3.8) is 0 Å². The molecule has 0 N–H and O–H groups in total. The molecular formula is C16H18O2. The van der Waals surface area contributed by atoms with E-state index in [9.17, 15) is 9.59 Å². The van der Waals surface area contributed by atoms with E-state index in [2.05, 4.69) is 20.8 Å². The lowest BCUT2D eigenvalue weighted by Crippen LogP contribution is -2.53. The summed E-state index contributed by atoms with van der Waals surface area (Å²) in [5.74, 6) is 0.563. The molecule has 0 spiro atoms. The monoisotopic (exact) mass is 242 g/mol. The van der Waals surface area contributed by atoms with Crippen molar-refractivity contribution >= 4 is 11.6 Å². The van der Waals surface area contributed by atoms with Crippen LogP contribution in [-0.2, 0) is 0 Å². The van der Waals surface area contributed by atoms with Crippen molar-refractivity contribution in [2.75, 3.05) is 0 Å². The van der Waals surface area contributed by atoms with Crippen LogP contribution in [0.15, 0.2) is 24.3 Å². The maximum absolute atomic E-state index is 12.5. The molecule has 0 heterocycles. The van der Waals surface area contributed by atoms with E-state index in [1.165, 1.54) is 0 Å². The van der Waals surface area contributed by atoms with Gasteiger partial charge in [0, 0.05) is 23.0 Å². The molecule has 2 nitrogen and oxygen atoms in total. The lowest BCUT2D eigenvalue weighted by Gasteiger charge is -2.51. The van der Waals surface area contributed by atoms with Gasteiger partial charge in [-0.15, -0.1) is 0 Å². The number of carbonyl (C=O) groups excluding carboxylic acids is 2. The second kappa shape index (κ2) is 3.53. The van der Waals surface area contributed by atoms with E-state index in [1.54, 1.807) is 12.1 Å². The molecule has 0 bridgehead atoms. The van der Waals surface area contributed by atoms with Crippen LogP contribution in [0.25, 0.3) is 0 Å². The Balaban J connectivity index is 2.04. The summed E-state index contributed by atoms with van der Waals surface area (Å²) in [5.41, 5.74) is 1.37. The summed E-state index contributed by atoms with van der Waals surface area (Å²) >= 11 is 0. The molecule has 3 rings (SSSR count). The van der Waals surface area contributed by atoms with Crippen molar-refractivity contribution in [3.05, 3.63) is 35.4 Å². The second-order valence-corrected chi connectivity index (χ2v) is 6.61. The van der Waals surface area contributed by atoms with Crippen LogP contribution < -0.4 is 0 Å². The van der Waals surface area contributed by atoms with Gasteiger partial charge in [0.25, 0.3) is 0 Å². The van der Waals surface area contributed by atoms with Crippen LogP contribution in [0.1, 0.15) is 47.9 Å². The van der Waals surface area contributed by atoms with Gasteiger partial charge in [-0.3, -0.25) is 9.59 Å². The first kappa shape index (κ1) is 11.6. The second-order valence-electron chi connectivity index (χ2n) is 6.61. The standard InChI is InChI=1S/C16H18O2/c1-16(2,3)12-8-11-13(12)15(18)10-7-5-4-6-9(10)14(11)17/h4-7,11-13H,8H2,1-3H3. The molecule has 1 saturated carbocycles. The minimum Gasteiger partial charge on any atom is -0.294 e. The summed E-state index contributed by atoms with van der Waals surface area (Å²) in [7, 11) is 0. The Morgan fingerprint density at radius 2 is 1.56 bits per heavy atom. The van der Waals surface area contributed by atoms with Gasteiger partial charge in [-0.05, 0) is 17.8 Å². The molecule has 2 aliphatic rings. The first-order valence-electron chi connectivity index (χ1n) is 6.58. The van der Waals surface area contributed by atoms with Gasteiger partial charge in [-0.2, -0.15) is 0 Å². The topological polar surface area (TPSA) is 34.1 Å². The fourth-order valence-electron chi connectivity index (χ4n) is 3.47. The number of benzene rings is 1. The normalized spacial score (nSPS) is 30.5. The van der Waals surface area contributed by atoms with Crippen LogP contribution in [0, 0.1) is 23.2 Å². The van der Waals surface area contributed by atoms with Gasteiger partial charge < -0.3 is 0 Å². The number of ketones is 2. The summed E-state index contributed by atoms with van der Waals surface area (Å²) in [6.07, 6.45) is 0.868. The van der Waals surface area contributed by atoms with E-state index in [0.717, 1.165) is 6.42 Å². The molecule has 94 valence electrons. The van der Waals surface area contributed by atoms with Crippen LogP contribution in [0.5, 0.6) is 0 Å². The molecule has 2 aliphatic carbocycles. The highest BCUT2D eigenvalue weighted by Gasteiger charge is 2.56. The zero-order valence-electron chi connectivity index (χ0n) is 11.1. The molecule has 3 unspecified atom stereocenters. The minimum absolute atomic E-state index is 0.0587. The Morgan fingerprint density at radius 1 is 1.00 bits per heavy atom. The molecule has 3 atom stereocenters. The number of hydrogen-bond donors (Lipinski definition) is 0. The Labute approximate surface area is 107 Å². The molecule has 0 radical (unpaired) electrons. The zero-order valence-corrected chi connectivity index (χ0v) is 11.1. The smallest absolute Gasteiger partial charge is 0.167 e. The maximum atomic E-state index is 12.5. The fraction of sp³-hybridized carbons (Fsp3) is 0.500. The van der Waals surface area contributed by atoms with Crippen molar-refractivity contribution in [1.82, 2.24) is 0 Å². The summed E-state index contributed by atoms with van der Waals surface area (Å²) in [6, 6.07) is 7.26. The Hall–Kier alpha value is -1.44. The third-order valence-electron chi connectivity index (χ3n) is 4.58. The number of fused-ring (bicyclic) bond motifs is 2. The summed E-state index contributed by atoms with van der Waals surface area (Å²) in [5, 5.41) is 0. The lowest BCUT2D eigenvalue weighted by atomic mass is 9.50. The van der Waals surface area contributed by atoms with Gasteiger partial charge >= 0.3 is 0 Å². The van der Waals surface area contributed by atoms with E-state index in [0.29, 0.717) is 17.0 Å². The van der Waals surface area contributed by atoms with Crippen LogP contribution in [0.3, 0.4) is 0 Å². The highest BCUT2D eigenvalue weighted by atomic mass is 16.1. The lowest BCUT2D eigenvalue weighted by molar-refractivity contribution is 0.000509. The quantitative estimate of drug-likeness (QED) is 0.699. The SMILES string of the molecule is CC(C)(C)C1CC2C(=O)c3ccccc3C(=O)C21. The summed E-state index contributed by atoms with van der Waals surface area (Å²) < 4.78 is 0. The first-order valence-corrected chi connectivity index (χ1v) is 6.58. The Bertz CT molecular complexity index is 536. The first-order chi connectivity index (χ1) is 8.41. The van der Waals surface area contributed by atoms with Gasteiger partial charge in [-0.1, -0.05) is 45.0 Å². The van der Waals surface area contributed by atoms with Crippen LogP contribution in [-0.4, -0.2) is 11.6 Å². The number of hydrogen-bond acceptors (Lipinski definition) is 2. The molecule has 0 amide bonds. The molecule has 0 aliphatic heterocycles. The van der Waals surface area contributed by atoms with Crippen molar-refractivity contribution in [2.24, 2.45) is 23.2 Å². The predicted octanol–water partition coefficient (Wildman–Crippen LogP) is 3.36. The van der Waals surface area contributed by atoms with Crippen molar-refractivity contribution < 1.29 is 9.59 Å². The van der Waals surface area contributed by atoms with Gasteiger partial charge in [0.15, 0.2) is 11.6 Å². The van der Waals surface area contributed by atoms with E-state index in [4.69, 9.17) is 0 Å².